The summed E-state index contributed by atoms with van der Waals surface area (Å²) in [6.45, 7) is 2.59. The maximum Gasteiger partial charge on any atom is 0.230 e. The van der Waals surface area contributed by atoms with Gasteiger partial charge in [-0.2, -0.15) is 4.98 Å². The van der Waals surface area contributed by atoms with Crippen LogP contribution in [0.5, 0.6) is 0 Å². The first-order valence-electron chi connectivity index (χ1n) is 9.29. The first-order chi connectivity index (χ1) is 13.6. The molecule has 0 unspecified atom stereocenters. The van der Waals surface area contributed by atoms with Crippen LogP contribution in [0.1, 0.15) is 31.7 Å². The third-order valence-electron chi connectivity index (χ3n) is 5.36. The van der Waals surface area contributed by atoms with E-state index in [-0.39, 0.29) is 10.9 Å². The number of pyridine rings is 1. The van der Waals surface area contributed by atoms with E-state index in [1.807, 2.05) is 6.92 Å². The fourth-order valence-electron chi connectivity index (χ4n) is 3.89. The van der Waals surface area contributed by atoms with Gasteiger partial charge in [-0.25, -0.2) is 18.4 Å². The molecule has 0 aromatic carbocycles. The largest absolute Gasteiger partial charge is 0.388 e. The quantitative estimate of drug-likeness (QED) is 0.585. The van der Waals surface area contributed by atoms with Crippen molar-refractivity contribution in [1.29, 1.82) is 0 Å². The van der Waals surface area contributed by atoms with Crippen molar-refractivity contribution < 1.29 is 13.5 Å². The lowest BCUT2D eigenvalue weighted by Crippen LogP contribution is -2.49. The molecule has 1 aliphatic carbocycles. The Hall–Kier alpha value is -1.79. The Balaban J connectivity index is 1.64. The van der Waals surface area contributed by atoms with Crippen molar-refractivity contribution in [3.8, 4) is 0 Å². The topological polar surface area (TPSA) is 108 Å². The number of hydrogen-bond acceptors (Lipinski definition) is 8. The van der Waals surface area contributed by atoms with E-state index in [0.717, 1.165) is 36.9 Å². The van der Waals surface area contributed by atoms with Gasteiger partial charge in [-0.3, -0.25) is 0 Å². The van der Waals surface area contributed by atoms with Crippen LogP contribution in [0.15, 0.2) is 33.0 Å². The average Bonchev–Trinajstić information content (AvgIpc) is 3.00. The summed E-state index contributed by atoms with van der Waals surface area (Å²) in [6, 6.07) is 3.08. The lowest BCUT2D eigenvalue weighted by molar-refractivity contribution is 0.0492. The minimum atomic E-state index is -3.30. The SMILES string of the molecule is C[C@@]1(O)CCC[C@H]1N1CC(I)=Cc2cnc(Nc3ccc(S(C)(=O)=O)cn3)nc21. The molecule has 2 aromatic rings. The Labute approximate surface area is 183 Å². The monoisotopic (exact) mass is 527 g/mol. The first-order valence-corrected chi connectivity index (χ1v) is 12.3. The van der Waals surface area contributed by atoms with Crippen LogP contribution in [-0.2, 0) is 9.84 Å². The van der Waals surface area contributed by atoms with Gasteiger partial charge in [0.05, 0.1) is 23.1 Å². The first kappa shape index (κ1) is 20.5. The van der Waals surface area contributed by atoms with Crippen LogP contribution >= 0.6 is 22.6 Å². The molecule has 2 aliphatic rings. The number of nitrogens with zero attached hydrogens (tertiary/aromatic N) is 4. The Morgan fingerprint density at radius 1 is 1.31 bits per heavy atom. The molecule has 10 heteroatoms. The zero-order valence-corrected chi connectivity index (χ0v) is 19.1. The third kappa shape index (κ3) is 4.24. The second-order valence-corrected chi connectivity index (χ2v) is 11.1. The van der Waals surface area contributed by atoms with Gasteiger partial charge < -0.3 is 15.3 Å². The van der Waals surface area contributed by atoms with Crippen LogP contribution in [0.4, 0.5) is 17.6 Å². The molecule has 4 rings (SSSR count). The number of fused-ring (bicyclic) bond motifs is 1. The van der Waals surface area contributed by atoms with E-state index in [1.165, 1.54) is 15.8 Å². The van der Waals surface area contributed by atoms with Crippen LogP contribution in [0, 0.1) is 0 Å². The van der Waals surface area contributed by atoms with Crippen molar-refractivity contribution in [1.82, 2.24) is 15.0 Å². The van der Waals surface area contributed by atoms with Crippen molar-refractivity contribution in [3.05, 3.63) is 33.7 Å². The van der Waals surface area contributed by atoms with E-state index in [0.29, 0.717) is 18.3 Å². The molecule has 2 aromatic heterocycles. The molecule has 0 radical (unpaired) electrons. The Morgan fingerprint density at radius 3 is 2.72 bits per heavy atom. The minimum Gasteiger partial charge on any atom is -0.388 e. The minimum absolute atomic E-state index is 0.00497. The van der Waals surface area contributed by atoms with Gasteiger partial charge in [0.2, 0.25) is 5.95 Å². The molecular weight excluding hydrogens is 505 g/mol. The van der Waals surface area contributed by atoms with E-state index in [1.54, 1.807) is 12.3 Å². The molecule has 1 aliphatic heterocycles. The van der Waals surface area contributed by atoms with E-state index < -0.39 is 15.4 Å². The molecule has 0 bridgehead atoms. The molecule has 1 fully saturated rings. The lowest BCUT2D eigenvalue weighted by atomic mass is 9.97. The predicted octanol–water partition coefficient (Wildman–Crippen LogP) is 2.92. The summed E-state index contributed by atoms with van der Waals surface area (Å²) in [4.78, 5) is 15.5. The number of halogens is 1. The molecule has 1 saturated carbocycles. The Kier molecular flexibility index (Phi) is 5.28. The van der Waals surface area contributed by atoms with Gasteiger partial charge in [0.15, 0.2) is 9.84 Å². The molecular formula is C19H22IN5O3S. The highest BCUT2D eigenvalue weighted by Crippen LogP contribution is 2.40. The fraction of sp³-hybridized carbons (Fsp3) is 0.421. The highest BCUT2D eigenvalue weighted by Gasteiger charge is 2.42. The highest BCUT2D eigenvalue weighted by molar-refractivity contribution is 14.1. The number of rotatable bonds is 4. The van der Waals surface area contributed by atoms with Crippen molar-refractivity contribution in [2.45, 2.75) is 42.7 Å². The maximum atomic E-state index is 11.6. The zero-order chi connectivity index (χ0) is 20.8. The van der Waals surface area contributed by atoms with Gasteiger partial charge in [0, 0.05) is 27.8 Å². The van der Waals surface area contributed by atoms with Crippen LogP contribution in [-0.4, -0.2) is 52.9 Å². The zero-order valence-electron chi connectivity index (χ0n) is 16.1. The normalized spacial score (nSPS) is 24.2. The fourth-order valence-corrected chi connectivity index (χ4v) is 5.16. The van der Waals surface area contributed by atoms with Gasteiger partial charge in [0.1, 0.15) is 11.6 Å². The Morgan fingerprint density at radius 2 is 2.10 bits per heavy atom. The molecule has 0 saturated heterocycles. The molecule has 29 heavy (non-hydrogen) atoms. The van der Waals surface area contributed by atoms with Crippen LogP contribution in [0.25, 0.3) is 6.08 Å². The predicted molar refractivity (Wildman–Crippen MR) is 120 cm³/mol. The number of aromatic nitrogens is 3. The van der Waals surface area contributed by atoms with E-state index in [4.69, 9.17) is 4.98 Å². The summed E-state index contributed by atoms with van der Waals surface area (Å²) >= 11 is 2.31. The van der Waals surface area contributed by atoms with Crippen LogP contribution in [0.2, 0.25) is 0 Å². The molecule has 0 spiro atoms. The summed E-state index contributed by atoms with van der Waals surface area (Å²) in [6.07, 6.45) is 8.93. The molecule has 8 nitrogen and oxygen atoms in total. The number of anilines is 3. The summed E-state index contributed by atoms with van der Waals surface area (Å²) in [7, 11) is -3.30. The van der Waals surface area contributed by atoms with E-state index >= 15 is 0 Å². The number of aliphatic hydroxyl groups is 1. The van der Waals surface area contributed by atoms with Crippen molar-refractivity contribution in [2.75, 3.05) is 23.0 Å². The second-order valence-electron chi connectivity index (χ2n) is 7.73. The van der Waals surface area contributed by atoms with E-state index in [2.05, 4.69) is 48.9 Å². The van der Waals surface area contributed by atoms with Gasteiger partial charge in [-0.05, 0) is 67.0 Å². The van der Waals surface area contributed by atoms with Crippen molar-refractivity contribution >= 4 is 56.1 Å². The molecule has 2 N–H and O–H groups in total. The summed E-state index contributed by atoms with van der Waals surface area (Å²) in [5, 5.41) is 13.9. The van der Waals surface area contributed by atoms with Crippen LogP contribution < -0.4 is 10.2 Å². The number of sulfone groups is 1. The number of hydrogen-bond donors (Lipinski definition) is 2. The lowest BCUT2D eigenvalue weighted by Gasteiger charge is -2.39. The smallest absolute Gasteiger partial charge is 0.230 e. The molecule has 3 heterocycles. The summed E-state index contributed by atoms with van der Waals surface area (Å²) in [5.41, 5.74) is 0.155. The van der Waals surface area contributed by atoms with Gasteiger partial charge in [-0.1, -0.05) is 0 Å². The van der Waals surface area contributed by atoms with Gasteiger partial charge in [0.25, 0.3) is 0 Å². The molecule has 154 valence electrons. The number of nitrogens with one attached hydrogen (secondary N) is 1. The summed E-state index contributed by atoms with van der Waals surface area (Å²) in [5.74, 6) is 1.61. The van der Waals surface area contributed by atoms with Crippen LogP contribution in [0.3, 0.4) is 0 Å². The maximum absolute atomic E-state index is 11.6. The third-order valence-corrected chi connectivity index (χ3v) is 7.11. The van der Waals surface area contributed by atoms with Gasteiger partial charge >= 0.3 is 0 Å². The summed E-state index contributed by atoms with van der Waals surface area (Å²) < 4.78 is 24.3. The van der Waals surface area contributed by atoms with E-state index in [9.17, 15) is 13.5 Å². The van der Waals surface area contributed by atoms with Crippen molar-refractivity contribution in [3.63, 3.8) is 0 Å². The highest BCUT2D eigenvalue weighted by atomic mass is 127. The average molecular weight is 527 g/mol. The molecule has 0 amide bonds. The standard InChI is InChI=1S/C19H22IN5O3S/c1-19(26)7-3-4-15(19)25-11-13(20)8-12-9-22-18(24-17(12)25)23-16-6-5-14(10-21-16)29(2,27)28/h5-6,8-10,15,26H,3-4,7,11H2,1-2H3,(H,21,22,23,24)/t15-,19-/m1/s1. The van der Waals surface area contributed by atoms with Crippen molar-refractivity contribution in [2.24, 2.45) is 0 Å². The van der Waals surface area contributed by atoms with Gasteiger partial charge in [-0.15, -0.1) is 0 Å². The molecule has 2 atom stereocenters. The second kappa shape index (κ2) is 7.47. The Bertz CT molecular complexity index is 1070.